The van der Waals surface area contributed by atoms with Crippen molar-refractivity contribution < 1.29 is 23.8 Å². The quantitative estimate of drug-likeness (QED) is 0.549. The summed E-state index contributed by atoms with van der Waals surface area (Å²) in [5.74, 6) is 0.374. The fourth-order valence-electron chi connectivity index (χ4n) is 3.49. The summed E-state index contributed by atoms with van der Waals surface area (Å²) in [7, 11) is 1.53. The molecule has 0 aliphatic carbocycles. The Morgan fingerprint density at radius 2 is 1.91 bits per heavy atom. The Kier molecular flexibility index (Phi) is 7.64. The first-order chi connectivity index (χ1) is 15.3. The molecule has 170 valence electrons. The van der Waals surface area contributed by atoms with Gasteiger partial charge in [0.25, 0.3) is 0 Å². The number of allylic oxidation sites excluding steroid dienone is 1. The maximum atomic E-state index is 13.0. The van der Waals surface area contributed by atoms with E-state index in [1.165, 1.54) is 7.11 Å². The van der Waals surface area contributed by atoms with E-state index in [1.54, 1.807) is 38.1 Å². The summed E-state index contributed by atoms with van der Waals surface area (Å²) in [5, 5.41) is 6.13. The molecule has 2 aromatic carbocycles. The van der Waals surface area contributed by atoms with E-state index in [2.05, 4.69) is 10.6 Å². The first-order valence-electron chi connectivity index (χ1n) is 10.4. The van der Waals surface area contributed by atoms with Crippen LogP contribution in [0.3, 0.4) is 0 Å². The molecule has 0 fully saturated rings. The highest BCUT2D eigenvalue weighted by Crippen LogP contribution is 2.40. The number of para-hydroxylation sites is 1. The van der Waals surface area contributed by atoms with Gasteiger partial charge in [-0.05, 0) is 32.4 Å². The topological polar surface area (TPSA) is 85.9 Å². The molecule has 2 aromatic rings. The summed E-state index contributed by atoms with van der Waals surface area (Å²) in [4.78, 5) is 25.4. The zero-order chi connectivity index (χ0) is 23.3. The SMILES string of the molecule is CCC1=C(C(=O)OC(C)C)C(c2cccc(OC)c2OCc2ccccc2Cl)NC(=O)N1. The van der Waals surface area contributed by atoms with Gasteiger partial charge in [0.1, 0.15) is 6.61 Å². The van der Waals surface area contributed by atoms with Crippen LogP contribution in [0.5, 0.6) is 11.5 Å². The van der Waals surface area contributed by atoms with Crippen molar-refractivity contribution in [1.29, 1.82) is 0 Å². The molecular weight excluding hydrogens is 432 g/mol. The van der Waals surface area contributed by atoms with Gasteiger partial charge >= 0.3 is 12.0 Å². The molecule has 1 aliphatic rings. The predicted octanol–water partition coefficient (Wildman–Crippen LogP) is 4.90. The number of hydrogen-bond acceptors (Lipinski definition) is 5. The molecule has 1 unspecified atom stereocenters. The second kappa shape index (κ2) is 10.4. The van der Waals surface area contributed by atoms with E-state index in [4.69, 9.17) is 25.8 Å². The summed E-state index contributed by atoms with van der Waals surface area (Å²) >= 11 is 6.28. The third-order valence-electron chi connectivity index (χ3n) is 4.94. The molecule has 1 aliphatic heterocycles. The van der Waals surface area contributed by atoms with E-state index in [0.717, 1.165) is 5.56 Å². The zero-order valence-electron chi connectivity index (χ0n) is 18.5. The van der Waals surface area contributed by atoms with E-state index < -0.39 is 18.0 Å². The fourth-order valence-corrected chi connectivity index (χ4v) is 3.68. The van der Waals surface area contributed by atoms with Crippen molar-refractivity contribution >= 4 is 23.6 Å². The number of ether oxygens (including phenoxy) is 3. The summed E-state index contributed by atoms with van der Waals surface area (Å²) in [6.07, 6.45) is 0.138. The molecule has 1 atom stereocenters. The number of amides is 2. The lowest BCUT2D eigenvalue weighted by Crippen LogP contribution is -2.46. The number of hydrogen-bond donors (Lipinski definition) is 2. The van der Waals surface area contributed by atoms with E-state index in [9.17, 15) is 9.59 Å². The number of urea groups is 1. The van der Waals surface area contributed by atoms with E-state index in [0.29, 0.717) is 39.8 Å². The molecule has 2 N–H and O–H groups in total. The molecule has 0 saturated heterocycles. The van der Waals surface area contributed by atoms with Crippen LogP contribution >= 0.6 is 11.6 Å². The molecule has 32 heavy (non-hydrogen) atoms. The number of esters is 1. The van der Waals surface area contributed by atoms with Crippen LogP contribution < -0.4 is 20.1 Å². The minimum Gasteiger partial charge on any atom is -0.493 e. The summed E-state index contributed by atoms with van der Waals surface area (Å²) in [6.45, 7) is 5.60. The highest BCUT2D eigenvalue weighted by atomic mass is 35.5. The minimum atomic E-state index is -0.777. The molecule has 0 radical (unpaired) electrons. The highest BCUT2D eigenvalue weighted by Gasteiger charge is 2.36. The van der Waals surface area contributed by atoms with Gasteiger partial charge in [-0.3, -0.25) is 0 Å². The third-order valence-corrected chi connectivity index (χ3v) is 5.31. The maximum Gasteiger partial charge on any atom is 0.338 e. The zero-order valence-corrected chi connectivity index (χ0v) is 19.3. The lowest BCUT2D eigenvalue weighted by atomic mass is 9.93. The second-order valence-electron chi connectivity index (χ2n) is 7.49. The standard InChI is InChI=1S/C24H27ClN2O5/c1-5-18-20(23(28)32-14(2)3)21(27-24(29)26-18)16-10-8-12-19(30-4)22(16)31-13-15-9-6-7-11-17(15)25/h6-12,14,21H,5,13H2,1-4H3,(H2,26,27,29). The first-order valence-corrected chi connectivity index (χ1v) is 10.8. The lowest BCUT2D eigenvalue weighted by Gasteiger charge is -2.31. The molecule has 0 saturated carbocycles. The third kappa shape index (κ3) is 5.16. The van der Waals surface area contributed by atoms with E-state index >= 15 is 0 Å². The van der Waals surface area contributed by atoms with Gasteiger partial charge in [0, 0.05) is 21.8 Å². The van der Waals surface area contributed by atoms with Crippen LogP contribution in [0.15, 0.2) is 53.7 Å². The van der Waals surface area contributed by atoms with Crippen molar-refractivity contribution in [2.75, 3.05) is 7.11 Å². The number of nitrogens with one attached hydrogen (secondary N) is 2. The van der Waals surface area contributed by atoms with Gasteiger partial charge in [-0.25, -0.2) is 9.59 Å². The number of halogens is 1. The fraction of sp³-hybridized carbons (Fsp3) is 0.333. The van der Waals surface area contributed by atoms with Crippen molar-refractivity contribution in [3.63, 3.8) is 0 Å². The van der Waals surface area contributed by atoms with Gasteiger partial charge in [0.2, 0.25) is 0 Å². The normalized spacial score (nSPS) is 15.8. The average Bonchev–Trinajstić information content (AvgIpc) is 2.77. The average molecular weight is 459 g/mol. The molecule has 3 rings (SSSR count). The lowest BCUT2D eigenvalue weighted by molar-refractivity contribution is -0.143. The van der Waals surface area contributed by atoms with Crippen molar-refractivity contribution in [3.8, 4) is 11.5 Å². The molecule has 0 aromatic heterocycles. The number of carbonyl (C=O) groups is 2. The van der Waals surface area contributed by atoms with Gasteiger partial charge in [-0.1, -0.05) is 48.9 Å². The van der Waals surface area contributed by atoms with Gasteiger partial charge in [-0.15, -0.1) is 0 Å². The number of rotatable bonds is 8. The second-order valence-corrected chi connectivity index (χ2v) is 7.90. The van der Waals surface area contributed by atoms with Gasteiger partial charge in [0.15, 0.2) is 11.5 Å². The van der Waals surface area contributed by atoms with Crippen LogP contribution in [0, 0.1) is 0 Å². The molecule has 7 nitrogen and oxygen atoms in total. The van der Waals surface area contributed by atoms with Crippen LogP contribution in [-0.4, -0.2) is 25.2 Å². The summed E-state index contributed by atoms with van der Waals surface area (Å²) < 4.78 is 17.1. The Balaban J connectivity index is 2.06. The summed E-state index contributed by atoms with van der Waals surface area (Å²) in [5.41, 5.74) is 2.21. The number of carbonyl (C=O) groups excluding carboxylic acids is 2. The van der Waals surface area contributed by atoms with Crippen molar-refractivity contribution in [3.05, 3.63) is 69.9 Å². The van der Waals surface area contributed by atoms with Crippen LogP contribution in [0.4, 0.5) is 4.79 Å². The summed E-state index contributed by atoms with van der Waals surface area (Å²) in [6, 6.07) is 11.5. The van der Waals surface area contributed by atoms with Crippen LogP contribution in [0.1, 0.15) is 44.4 Å². The molecule has 8 heteroatoms. The minimum absolute atomic E-state index is 0.183. The maximum absolute atomic E-state index is 13.0. The number of benzene rings is 2. The van der Waals surface area contributed by atoms with E-state index in [1.807, 2.05) is 25.1 Å². The molecular formula is C24H27ClN2O5. The van der Waals surface area contributed by atoms with Crippen molar-refractivity contribution in [2.24, 2.45) is 0 Å². The van der Waals surface area contributed by atoms with Crippen LogP contribution in [0.25, 0.3) is 0 Å². The van der Waals surface area contributed by atoms with Crippen molar-refractivity contribution in [1.82, 2.24) is 10.6 Å². The van der Waals surface area contributed by atoms with Gasteiger partial charge in [0.05, 0.1) is 24.8 Å². The first kappa shape index (κ1) is 23.5. The Hall–Kier alpha value is -3.19. The largest absolute Gasteiger partial charge is 0.493 e. The molecule has 2 amide bonds. The molecule has 0 bridgehead atoms. The Bertz CT molecular complexity index is 1030. The predicted molar refractivity (Wildman–Crippen MR) is 122 cm³/mol. The molecule has 1 heterocycles. The molecule has 0 spiro atoms. The van der Waals surface area contributed by atoms with Crippen molar-refractivity contribution in [2.45, 2.75) is 45.9 Å². The van der Waals surface area contributed by atoms with Crippen LogP contribution in [-0.2, 0) is 16.1 Å². The number of methoxy groups -OCH3 is 1. The van der Waals surface area contributed by atoms with Gasteiger partial charge in [-0.2, -0.15) is 0 Å². The monoisotopic (exact) mass is 458 g/mol. The van der Waals surface area contributed by atoms with Crippen LogP contribution in [0.2, 0.25) is 5.02 Å². The Morgan fingerprint density at radius 1 is 1.16 bits per heavy atom. The smallest absolute Gasteiger partial charge is 0.338 e. The Morgan fingerprint density at radius 3 is 2.56 bits per heavy atom. The van der Waals surface area contributed by atoms with Gasteiger partial charge < -0.3 is 24.8 Å². The Labute approximate surface area is 192 Å². The van der Waals surface area contributed by atoms with E-state index in [-0.39, 0.29) is 12.7 Å². The highest BCUT2D eigenvalue weighted by molar-refractivity contribution is 6.31.